The third-order valence-corrected chi connectivity index (χ3v) is 5.51. The second-order valence-electron chi connectivity index (χ2n) is 7.47. The summed E-state index contributed by atoms with van der Waals surface area (Å²) in [4.78, 5) is 28.6. The van der Waals surface area contributed by atoms with Crippen molar-refractivity contribution in [1.29, 1.82) is 0 Å². The molecule has 2 amide bonds. The minimum Gasteiger partial charge on any atom is -0.493 e. The Labute approximate surface area is 177 Å². The lowest BCUT2D eigenvalue weighted by atomic mass is 9.93. The van der Waals surface area contributed by atoms with Crippen LogP contribution in [0.15, 0.2) is 42.6 Å². The Bertz CT molecular complexity index is 983. The van der Waals surface area contributed by atoms with Crippen molar-refractivity contribution >= 4 is 17.9 Å². The molecule has 2 aromatic rings. The van der Waals surface area contributed by atoms with Gasteiger partial charge in [0, 0.05) is 26.7 Å². The minimum absolute atomic E-state index is 0.0365. The van der Waals surface area contributed by atoms with E-state index in [0.29, 0.717) is 18.0 Å². The molecule has 0 bridgehead atoms. The number of carbonyl (C=O) groups is 2. The fourth-order valence-corrected chi connectivity index (χ4v) is 3.77. The minimum atomic E-state index is -0.315. The third kappa shape index (κ3) is 4.32. The van der Waals surface area contributed by atoms with Gasteiger partial charge in [0.15, 0.2) is 11.5 Å². The first-order valence-corrected chi connectivity index (χ1v) is 9.87. The van der Waals surface area contributed by atoms with E-state index in [9.17, 15) is 9.59 Å². The van der Waals surface area contributed by atoms with Gasteiger partial charge in [-0.25, -0.2) is 0 Å². The summed E-state index contributed by atoms with van der Waals surface area (Å²) in [6.07, 6.45) is 3.89. The number of hydrogen-bond donors (Lipinski definition) is 0. The van der Waals surface area contributed by atoms with Crippen LogP contribution in [0.2, 0.25) is 0 Å². The van der Waals surface area contributed by atoms with Gasteiger partial charge >= 0.3 is 0 Å². The zero-order chi connectivity index (χ0) is 21.8. The average Bonchev–Trinajstić information content (AvgIpc) is 2.74. The third-order valence-electron chi connectivity index (χ3n) is 5.51. The number of fused-ring (bicyclic) bond motifs is 1. The lowest BCUT2D eigenvalue weighted by molar-refractivity contribution is -0.134. The molecule has 1 heterocycles. The summed E-state index contributed by atoms with van der Waals surface area (Å²) in [5.41, 5.74) is 4.02. The number of benzene rings is 2. The predicted molar refractivity (Wildman–Crippen MR) is 116 cm³/mol. The van der Waals surface area contributed by atoms with E-state index < -0.39 is 0 Å². The van der Waals surface area contributed by atoms with Gasteiger partial charge in [0.1, 0.15) is 0 Å². The Morgan fingerprint density at radius 3 is 2.43 bits per heavy atom. The van der Waals surface area contributed by atoms with Gasteiger partial charge < -0.3 is 19.3 Å². The molecule has 0 saturated carbocycles. The topological polar surface area (TPSA) is 59.1 Å². The highest BCUT2D eigenvalue weighted by atomic mass is 16.5. The molecule has 0 fully saturated rings. The van der Waals surface area contributed by atoms with E-state index in [1.165, 1.54) is 6.92 Å². The fraction of sp³-hybridized carbons (Fsp3) is 0.333. The second kappa shape index (κ2) is 9.03. The number of methoxy groups -OCH3 is 2. The molecule has 1 atom stereocenters. The molecule has 0 saturated heterocycles. The number of aryl methyl sites for hydroxylation is 1. The smallest absolute Gasteiger partial charge is 0.225 e. The first kappa shape index (κ1) is 21.4. The van der Waals surface area contributed by atoms with Gasteiger partial charge in [-0.1, -0.05) is 24.3 Å². The molecule has 0 spiro atoms. The van der Waals surface area contributed by atoms with Crippen LogP contribution in [-0.2, 0) is 16.1 Å². The number of amides is 2. The van der Waals surface area contributed by atoms with Crippen LogP contribution in [0.5, 0.6) is 11.5 Å². The highest BCUT2D eigenvalue weighted by Crippen LogP contribution is 2.34. The van der Waals surface area contributed by atoms with Gasteiger partial charge in [-0.05, 0) is 47.4 Å². The summed E-state index contributed by atoms with van der Waals surface area (Å²) in [6, 6.07) is 11.4. The van der Waals surface area contributed by atoms with Crippen LogP contribution in [0.1, 0.15) is 41.6 Å². The number of carbonyl (C=O) groups excluding carboxylic acids is 2. The molecular weight excluding hydrogens is 380 g/mol. The molecule has 158 valence electrons. The van der Waals surface area contributed by atoms with Gasteiger partial charge in [-0.3, -0.25) is 9.59 Å². The maximum absolute atomic E-state index is 13.1. The summed E-state index contributed by atoms with van der Waals surface area (Å²) < 4.78 is 10.7. The van der Waals surface area contributed by atoms with Crippen molar-refractivity contribution in [3.63, 3.8) is 0 Å². The van der Waals surface area contributed by atoms with Crippen LogP contribution in [0.25, 0.3) is 6.08 Å². The van der Waals surface area contributed by atoms with Crippen LogP contribution < -0.4 is 9.47 Å². The lowest BCUT2D eigenvalue weighted by Crippen LogP contribution is -2.36. The Kier molecular flexibility index (Phi) is 6.45. The van der Waals surface area contributed by atoms with E-state index in [1.807, 2.05) is 49.4 Å². The quantitative estimate of drug-likeness (QED) is 0.727. The van der Waals surface area contributed by atoms with Crippen molar-refractivity contribution in [2.75, 3.05) is 21.3 Å². The molecule has 6 heteroatoms. The van der Waals surface area contributed by atoms with E-state index in [2.05, 4.69) is 0 Å². The van der Waals surface area contributed by atoms with Gasteiger partial charge in [0.2, 0.25) is 11.8 Å². The standard InChI is InChI=1S/C24H28N2O4/c1-16-12-22(29-4)23(30-5)13-19(16)15-25(3)24(28)14-21-20-9-7-6-8-18(20)10-11-26(21)17(2)27/h6-13,21H,14-15H2,1-5H3/t21-/m0/s1. The van der Waals surface area contributed by atoms with Gasteiger partial charge in [-0.2, -0.15) is 0 Å². The highest BCUT2D eigenvalue weighted by molar-refractivity contribution is 5.81. The van der Waals surface area contributed by atoms with Gasteiger partial charge in [0.05, 0.1) is 26.7 Å². The average molecular weight is 408 g/mol. The van der Waals surface area contributed by atoms with Crippen molar-refractivity contribution in [3.05, 3.63) is 64.9 Å². The van der Waals surface area contributed by atoms with E-state index in [-0.39, 0.29) is 24.3 Å². The lowest BCUT2D eigenvalue weighted by Gasteiger charge is -2.33. The zero-order valence-corrected chi connectivity index (χ0v) is 18.1. The largest absolute Gasteiger partial charge is 0.493 e. The molecule has 0 aromatic heterocycles. The van der Waals surface area contributed by atoms with E-state index >= 15 is 0 Å². The van der Waals surface area contributed by atoms with Crippen LogP contribution in [0, 0.1) is 6.92 Å². The molecule has 2 aromatic carbocycles. The SMILES string of the molecule is COc1cc(C)c(CN(C)C(=O)C[C@H]2c3ccccc3C=CN2C(C)=O)cc1OC. The van der Waals surface area contributed by atoms with E-state index in [4.69, 9.17) is 9.47 Å². The molecule has 0 N–H and O–H groups in total. The van der Waals surface area contributed by atoms with Crippen molar-refractivity contribution in [1.82, 2.24) is 9.80 Å². The van der Waals surface area contributed by atoms with Crippen molar-refractivity contribution in [2.45, 2.75) is 32.9 Å². The van der Waals surface area contributed by atoms with Crippen LogP contribution >= 0.6 is 0 Å². The molecule has 3 rings (SSSR count). The molecule has 0 aliphatic carbocycles. The molecule has 1 aliphatic rings. The summed E-state index contributed by atoms with van der Waals surface area (Å²) in [7, 11) is 4.97. The molecule has 0 unspecified atom stereocenters. The van der Waals surface area contributed by atoms with E-state index in [0.717, 1.165) is 22.3 Å². The summed E-state index contributed by atoms with van der Waals surface area (Å²) in [5, 5.41) is 0. The fourth-order valence-electron chi connectivity index (χ4n) is 3.77. The van der Waals surface area contributed by atoms with Gasteiger partial charge in [-0.15, -0.1) is 0 Å². The maximum atomic E-state index is 13.1. The number of rotatable bonds is 6. The molecule has 1 aliphatic heterocycles. The Morgan fingerprint density at radius 1 is 1.10 bits per heavy atom. The van der Waals surface area contributed by atoms with Gasteiger partial charge in [0.25, 0.3) is 0 Å². The molecule has 0 radical (unpaired) electrons. The number of hydrogen-bond acceptors (Lipinski definition) is 4. The predicted octanol–water partition coefficient (Wildman–Crippen LogP) is 3.93. The molecule has 6 nitrogen and oxygen atoms in total. The highest BCUT2D eigenvalue weighted by Gasteiger charge is 2.29. The van der Waals surface area contributed by atoms with Crippen LogP contribution in [0.4, 0.5) is 0 Å². The molecular formula is C24H28N2O4. The normalized spacial score (nSPS) is 14.8. The first-order chi connectivity index (χ1) is 14.3. The Morgan fingerprint density at radius 2 is 1.77 bits per heavy atom. The number of nitrogens with zero attached hydrogens (tertiary/aromatic N) is 2. The Hall–Kier alpha value is -3.28. The maximum Gasteiger partial charge on any atom is 0.225 e. The van der Waals surface area contributed by atoms with Crippen molar-refractivity contribution in [2.24, 2.45) is 0 Å². The first-order valence-electron chi connectivity index (χ1n) is 9.87. The summed E-state index contributed by atoms with van der Waals surface area (Å²) >= 11 is 0. The Balaban J connectivity index is 1.80. The monoisotopic (exact) mass is 408 g/mol. The molecule has 30 heavy (non-hydrogen) atoms. The van der Waals surface area contributed by atoms with E-state index in [1.54, 1.807) is 37.3 Å². The zero-order valence-electron chi connectivity index (χ0n) is 18.1. The number of ether oxygens (including phenoxy) is 2. The second-order valence-corrected chi connectivity index (χ2v) is 7.47. The van der Waals surface area contributed by atoms with Crippen molar-refractivity contribution in [3.8, 4) is 11.5 Å². The summed E-state index contributed by atoms with van der Waals surface area (Å²) in [6.45, 7) is 3.94. The summed E-state index contributed by atoms with van der Waals surface area (Å²) in [5.74, 6) is 1.17. The van der Waals surface area contributed by atoms with Crippen LogP contribution in [-0.4, -0.2) is 42.9 Å². The van der Waals surface area contributed by atoms with Crippen LogP contribution in [0.3, 0.4) is 0 Å². The van der Waals surface area contributed by atoms with Crippen molar-refractivity contribution < 1.29 is 19.1 Å².